The van der Waals surface area contributed by atoms with E-state index in [2.05, 4.69) is 5.32 Å². The SMILES string of the molecule is NS(=O)(=O)n1ccc(-c2cccc(C(=O)N3CC4(CNC4)C3)c2)c1C(=O)O. The van der Waals surface area contributed by atoms with Gasteiger partial charge in [0, 0.05) is 48.9 Å². The number of nitrogens with zero attached hydrogens (tertiary/aromatic N) is 2. The lowest BCUT2D eigenvalue weighted by Gasteiger charge is -2.56. The van der Waals surface area contributed by atoms with Crippen LogP contribution in [0.5, 0.6) is 0 Å². The van der Waals surface area contributed by atoms with Crippen molar-refractivity contribution in [1.82, 2.24) is 14.2 Å². The number of nitrogens with one attached hydrogen (secondary N) is 1. The summed E-state index contributed by atoms with van der Waals surface area (Å²) in [5.74, 6) is -1.56. The van der Waals surface area contributed by atoms with Crippen LogP contribution in [-0.4, -0.2) is 60.5 Å². The molecule has 0 bridgehead atoms. The van der Waals surface area contributed by atoms with E-state index >= 15 is 0 Å². The number of aromatic carboxylic acids is 1. The number of likely N-dealkylation sites (tertiary alicyclic amines) is 1. The van der Waals surface area contributed by atoms with Gasteiger partial charge in [-0.25, -0.2) is 13.9 Å². The van der Waals surface area contributed by atoms with Crippen LogP contribution in [0.2, 0.25) is 0 Å². The Labute approximate surface area is 155 Å². The molecule has 0 unspecified atom stereocenters. The molecule has 1 aromatic carbocycles. The van der Waals surface area contributed by atoms with E-state index in [4.69, 9.17) is 5.14 Å². The predicted octanol–water partition coefficient (Wildman–Crippen LogP) is -0.0497. The molecule has 2 aliphatic heterocycles. The summed E-state index contributed by atoms with van der Waals surface area (Å²) in [6.45, 7) is 3.23. The third kappa shape index (κ3) is 2.91. The first-order chi connectivity index (χ1) is 12.7. The molecule has 9 nitrogen and oxygen atoms in total. The number of carbonyl (C=O) groups is 2. The third-order valence-electron chi connectivity index (χ3n) is 5.09. The summed E-state index contributed by atoms with van der Waals surface area (Å²) in [6, 6.07) is 7.85. The Kier molecular flexibility index (Phi) is 3.88. The number of carboxylic acids is 1. The molecule has 3 heterocycles. The number of carbonyl (C=O) groups excluding carboxylic acids is 1. The quantitative estimate of drug-likeness (QED) is 0.670. The molecule has 1 aromatic heterocycles. The minimum absolute atomic E-state index is 0.128. The van der Waals surface area contributed by atoms with Gasteiger partial charge in [-0.1, -0.05) is 12.1 Å². The zero-order chi connectivity index (χ0) is 19.4. The van der Waals surface area contributed by atoms with Crippen LogP contribution in [0.1, 0.15) is 20.8 Å². The van der Waals surface area contributed by atoms with E-state index in [1.165, 1.54) is 6.07 Å². The van der Waals surface area contributed by atoms with Crippen molar-refractivity contribution in [3.8, 4) is 11.1 Å². The van der Waals surface area contributed by atoms with E-state index in [-0.39, 0.29) is 16.9 Å². The molecule has 2 aromatic rings. The number of hydrogen-bond acceptors (Lipinski definition) is 5. The number of amides is 1. The van der Waals surface area contributed by atoms with Gasteiger partial charge in [-0.15, -0.1) is 0 Å². The van der Waals surface area contributed by atoms with Crippen molar-refractivity contribution in [1.29, 1.82) is 0 Å². The van der Waals surface area contributed by atoms with Crippen LogP contribution < -0.4 is 10.5 Å². The number of benzene rings is 1. The van der Waals surface area contributed by atoms with Crippen LogP contribution in [-0.2, 0) is 10.2 Å². The molecule has 0 aliphatic carbocycles. The predicted molar refractivity (Wildman–Crippen MR) is 96.5 cm³/mol. The molecule has 2 saturated heterocycles. The lowest BCUT2D eigenvalue weighted by atomic mass is 9.74. The lowest BCUT2D eigenvalue weighted by molar-refractivity contribution is -0.0248. The summed E-state index contributed by atoms with van der Waals surface area (Å²) in [5.41, 5.74) is 0.770. The second-order valence-electron chi connectivity index (χ2n) is 7.07. The van der Waals surface area contributed by atoms with Crippen molar-refractivity contribution in [3.63, 3.8) is 0 Å². The molecular weight excluding hydrogens is 372 g/mol. The molecule has 10 heteroatoms. The van der Waals surface area contributed by atoms with E-state index in [0.29, 0.717) is 28.2 Å². The van der Waals surface area contributed by atoms with Gasteiger partial charge in [0.15, 0.2) is 5.69 Å². The van der Waals surface area contributed by atoms with Crippen LogP contribution in [0.3, 0.4) is 0 Å². The highest BCUT2D eigenvalue weighted by molar-refractivity contribution is 7.87. The van der Waals surface area contributed by atoms with Crippen molar-refractivity contribution in [2.75, 3.05) is 26.2 Å². The van der Waals surface area contributed by atoms with Gasteiger partial charge in [0.1, 0.15) is 0 Å². The van der Waals surface area contributed by atoms with Gasteiger partial charge in [0.2, 0.25) is 0 Å². The maximum Gasteiger partial charge on any atom is 0.354 e. The lowest BCUT2D eigenvalue weighted by Crippen LogP contribution is -2.71. The Bertz CT molecular complexity index is 1050. The summed E-state index contributed by atoms with van der Waals surface area (Å²) >= 11 is 0. The average molecular weight is 390 g/mol. The Balaban J connectivity index is 1.66. The van der Waals surface area contributed by atoms with E-state index in [0.717, 1.165) is 19.3 Å². The largest absolute Gasteiger partial charge is 0.477 e. The van der Waals surface area contributed by atoms with Gasteiger partial charge in [0.05, 0.1) is 0 Å². The fourth-order valence-electron chi connectivity index (χ4n) is 3.68. The van der Waals surface area contributed by atoms with Crippen LogP contribution in [0.15, 0.2) is 36.5 Å². The first-order valence-electron chi connectivity index (χ1n) is 8.29. The fourth-order valence-corrected chi connectivity index (χ4v) is 4.34. The second-order valence-corrected chi connectivity index (χ2v) is 8.49. The standard InChI is InChI=1S/C17H18N4O5S/c18-27(25,26)21-5-4-13(14(21)16(23)24)11-2-1-3-12(6-11)15(22)20-9-17(10-20)7-19-8-17/h1-6,19H,7-10H2,(H,23,24)(H2,18,25,26). The van der Waals surface area contributed by atoms with Crippen molar-refractivity contribution < 1.29 is 23.1 Å². The molecule has 142 valence electrons. The highest BCUT2D eigenvalue weighted by atomic mass is 32.2. The number of rotatable bonds is 4. The fraction of sp³-hybridized carbons (Fsp3) is 0.294. The molecule has 0 radical (unpaired) electrons. The van der Waals surface area contributed by atoms with Crippen molar-refractivity contribution in [3.05, 3.63) is 47.8 Å². The molecule has 1 amide bonds. The summed E-state index contributed by atoms with van der Waals surface area (Å²) in [5, 5.41) is 17.7. The molecule has 4 N–H and O–H groups in total. The van der Waals surface area contributed by atoms with E-state index < -0.39 is 21.9 Å². The zero-order valence-corrected chi connectivity index (χ0v) is 15.1. The Morgan fingerprint density at radius 3 is 2.44 bits per heavy atom. The molecule has 4 rings (SSSR count). The molecule has 0 saturated carbocycles. The van der Waals surface area contributed by atoms with Crippen LogP contribution in [0.4, 0.5) is 0 Å². The van der Waals surface area contributed by atoms with Crippen molar-refractivity contribution in [2.45, 2.75) is 0 Å². The molecule has 2 aliphatic rings. The van der Waals surface area contributed by atoms with Crippen LogP contribution in [0.25, 0.3) is 11.1 Å². The average Bonchev–Trinajstić information content (AvgIpc) is 2.97. The highest BCUT2D eigenvalue weighted by Gasteiger charge is 2.49. The Morgan fingerprint density at radius 1 is 1.19 bits per heavy atom. The maximum absolute atomic E-state index is 12.7. The molecule has 0 atom stereocenters. The van der Waals surface area contributed by atoms with Crippen molar-refractivity contribution in [2.24, 2.45) is 10.6 Å². The molecule has 1 spiro atoms. The van der Waals surface area contributed by atoms with Gasteiger partial charge in [-0.2, -0.15) is 8.42 Å². The van der Waals surface area contributed by atoms with Gasteiger partial charge in [-0.05, 0) is 23.8 Å². The first-order valence-corrected chi connectivity index (χ1v) is 9.79. The number of nitrogens with two attached hydrogens (primary N) is 1. The minimum atomic E-state index is -4.26. The Morgan fingerprint density at radius 2 is 1.89 bits per heavy atom. The number of aromatic nitrogens is 1. The second kappa shape index (κ2) is 5.91. The van der Waals surface area contributed by atoms with E-state index in [1.807, 2.05) is 0 Å². The van der Waals surface area contributed by atoms with Gasteiger partial charge in [-0.3, -0.25) is 4.79 Å². The normalized spacial score (nSPS) is 18.0. The van der Waals surface area contributed by atoms with Gasteiger partial charge >= 0.3 is 16.2 Å². The maximum atomic E-state index is 12.7. The molecule has 2 fully saturated rings. The van der Waals surface area contributed by atoms with Gasteiger partial charge < -0.3 is 15.3 Å². The summed E-state index contributed by atoms with van der Waals surface area (Å²) in [7, 11) is -4.26. The summed E-state index contributed by atoms with van der Waals surface area (Å²) in [6.07, 6.45) is 1.09. The van der Waals surface area contributed by atoms with Gasteiger partial charge in [0.25, 0.3) is 5.91 Å². The molecule has 27 heavy (non-hydrogen) atoms. The van der Waals surface area contributed by atoms with E-state index in [1.54, 1.807) is 29.2 Å². The minimum Gasteiger partial charge on any atom is -0.477 e. The summed E-state index contributed by atoms with van der Waals surface area (Å²) in [4.78, 5) is 26.0. The summed E-state index contributed by atoms with van der Waals surface area (Å²) < 4.78 is 23.8. The van der Waals surface area contributed by atoms with Crippen molar-refractivity contribution >= 4 is 22.1 Å². The van der Waals surface area contributed by atoms with Crippen LogP contribution in [0, 0.1) is 5.41 Å². The third-order valence-corrected chi connectivity index (χ3v) is 5.94. The highest BCUT2D eigenvalue weighted by Crippen LogP contribution is 2.35. The number of carboxylic acid groups (broad SMARTS) is 1. The van der Waals surface area contributed by atoms with Crippen LogP contribution >= 0.6 is 0 Å². The van der Waals surface area contributed by atoms with E-state index in [9.17, 15) is 23.1 Å². The first kappa shape index (κ1) is 17.7. The smallest absolute Gasteiger partial charge is 0.354 e. The molecular formula is C17H18N4O5S. The topological polar surface area (TPSA) is 135 Å². The Hall–Kier alpha value is -2.69. The zero-order valence-electron chi connectivity index (χ0n) is 14.3. The number of hydrogen-bond donors (Lipinski definition) is 3. The monoisotopic (exact) mass is 390 g/mol.